The monoisotopic (exact) mass is 381 g/mol. The molecule has 0 spiro atoms. The van der Waals surface area contributed by atoms with Crippen molar-refractivity contribution in [3.8, 4) is 0 Å². The number of furan rings is 1. The van der Waals surface area contributed by atoms with Gasteiger partial charge in [-0.05, 0) is 38.0 Å². The summed E-state index contributed by atoms with van der Waals surface area (Å²) in [6.45, 7) is 2.91. The largest absolute Gasteiger partial charge is 0.467 e. The van der Waals surface area contributed by atoms with Crippen molar-refractivity contribution in [3.63, 3.8) is 0 Å². The van der Waals surface area contributed by atoms with Crippen molar-refractivity contribution >= 4 is 23.0 Å². The average Bonchev–Trinajstić information content (AvgIpc) is 3.26. The molecule has 0 unspecified atom stereocenters. The highest BCUT2D eigenvalue weighted by atomic mass is 16.3. The maximum Gasteiger partial charge on any atom is 0.254 e. The van der Waals surface area contributed by atoms with E-state index in [0.29, 0.717) is 16.8 Å². The molecular weight excluding hydrogens is 358 g/mol. The number of nitrogens with zero attached hydrogens (tertiary/aromatic N) is 3. The van der Waals surface area contributed by atoms with Gasteiger partial charge in [0.2, 0.25) is 5.91 Å². The van der Waals surface area contributed by atoms with Crippen LogP contribution in [0, 0.1) is 6.92 Å². The summed E-state index contributed by atoms with van der Waals surface area (Å²) in [7, 11) is 0. The minimum atomic E-state index is -0.322. The highest BCUT2D eigenvalue weighted by Gasteiger charge is 2.21. The number of rotatable bonds is 5. The Morgan fingerprint density at radius 1 is 1.21 bits per heavy atom. The van der Waals surface area contributed by atoms with Gasteiger partial charge in [0.05, 0.1) is 24.9 Å². The van der Waals surface area contributed by atoms with Gasteiger partial charge in [0, 0.05) is 18.7 Å². The number of hydrogen-bond donors (Lipinski definition) is 2. The second kappa shape index (κ2) is 7.84. The van der Waals surface area contributed by atoms with Gasteiger partial charge in [-0.15, -0.1) is 0 Å². The van der Waals surface area contributed by atoms with Gasteiger partial charge in [0.1, 0.15) is 17.1 Å². The van der Waals surface area contributed by atoms with E-state index in [9.17, 15) is 9.59 Å². The fraction of sp³-hybridized carbons (Fsp3) is 0.400. The van der Waals surface area contributed by atoms with E-state index < -0.39 is 0 Å². The lowest BCUT2D eigenvalue weighted by atomic mass is 10.2. The van der Waals surface area contributed by atoms with Crippen LogP contribution in [-0.4, -0.2) is 32.9 Å². The SMILES string of the molecule is Cc1cc(C(=O)NCC(=O)NCc2ccco2)c2nc3n(c2n1)CCCCC3. The zero-order valence-corrected chi connectivity index (χ0v) is 15.8. The molecule has 1 aliphatic heterocycles. The Balaban J connectivity index is 1.48. The predicted molar refractivity (Wildman–Crippen MR) is 103 cm³/mol. The van der Waals surface area contributed by atoms with E-state index in [2.05, 4.69) is 20.2 Å². The Hall–Kier alpha value is -3.16. The molecule has 0 saturated heterocycles. The van der Waals surface area contributed by atoms with Gasteiger partial charge in [-0.3, -0.25) is 9.59 Å². The molecule has 8 nitrogen and oxygen atoms in total. The number of amides is 2. The number of nitrogens with one attached hydrogen (secondary N) is 2. The fourth-order valence-corrected chi connectivity index (χ4v) is 3.51. The van der Waals surface area contributed by atoms with Crippen LogP contribution in [0.4, 0.5) is 0 Å². The Labute approximate surface area is 162 Å². The third-order valence-corrected chi connectivity index (χ3v) is 4.89. The summed E-state index contributed by atoms with van der Waals surface area (Å²) in [5.74, 6) is 1.03. The number of hydrogen-bond acceptors (Lipinski definition) is 5. The number of imidazole rings is 1. The van der Waals surface area contributed by atoms with Gasteiger partial charge in [0.25, 0.3) is 5.91 Å². The number of carbonyl (C=O) groups is 2. The van der Waals surface area contributed by atoms with Crippen LogP contribution in [0.3, 0.4) is 0 Å². The number of aromatic nitrogens is 3. The van der Waals surface area contributed by atoms with Crippen molar-refractivity contribution in [3.05, 3.63) is 47.3 Å². The number of fused-ring (bicyclic) bond motifs is 3. The van der Waals surface area contributed by atoms with Crippen LogP contribution < -0.4 is 10.6 Å². The standard InChI is InChI=1S/C20H23N5O3/c1-13-10-15(18-19(23-13)25-8-4-2-3-7-16(25)24-18)20(27)22-12-17(26)21-11-14-6-5-9-28-14/h5-6,9-10H,2-4,7-8,11-12H2,1H3,(H,21,26)(H,22,27). The van der Waals surface area contributed by atoms with Crippen LogP contribution in [0.25, 0.3) is 11.2 Å². The summed E-state index contributed by atoms with van der Waals surface area (Å²) in [6, 6.07) is 5.26. The summed E-state index contributed by atoms with van der Waals surface area (Å²) >= 11 is 0. The minimum Gasteiger partial charge on any atom is -0.467 e. The topological polar surface area (TPSA) is 102 Å². The molecule has 1 aliphatic rings. The van der Waals surface area contributed by atoms with E-state index >= 15 is 0 Å². The van der Waals surface area contributed by atoms with E-state index in [-0.39, 0.29) is 24.9 Å². The molecule has 3 aromatic rings. The first-order chi connectivity index (χ1) is 13.6. The molecule has 0 aliphatic carbocycles. The van der Waals surface area contributed by atoms with Gasteiger partial charge in [-0.2, -0.15) is 0 Å². The molecule has 4 heterocycles. The highest BCUT2D eigenvalue weighted by Crippen LogP contribution is 2.23. The van der Waals surface area contributed by atoms with Gasteiger partial charge in [-0.25, -0.2) is 9.97 Å². The average molecular weight is 381 g/mol. The molecule has 28 heavy (non-hydrogen) atoms. The van der Waals surface area contributed by atoms with E-state index in [0.717, 1.165) is 43.0 Å². The summed E-state index contributed by atoms with van der Waals surface area (Å²) in [5.41, 5.74) is 2.58. The second-order valence-electron chi connectivity index (χ2n) is 7.01. The summed E-state index contributed by atoms with van der Waals surface area (Å²) < 4.78 is 7.30. The van der Waals surface area contributed by atoms with Crippen LogP contribution in [-0.2, 0) is 24.3 Å². The molecule has 0 atom stereocenters. The Morgan fingerprint density at radius 2 is 2.11 bits per heavy atom. The lowest BCUT2D eigenvalue weighted by molar-refractivity contribution is -0.120. The molecule has 2 N–H and O–H groups in total. The van der Waals surface area contributed by atoms with Crippen molar-refractivity contribution < 1.29 is 14.0 Å². The number of pyridine rings is 1. The molecule has 0 fully saturated rings. The minimum absolute atomic E-state index is 0.115. The van der Waals surface area contributed by atoms with Crippen LogP contribution in [0.15, 0.2) is 28.9 Å². The first kappa shape index (κ1) is 18.2. The van der Waals surface area contributed by atoms with Crippen molar-refractivity contribution in [1.29, 1.82) is 0 Å². The van der Waals surface area contributed by atoms with E-state index in [4.69, 9.17) is 9.40 Å². The van der Waals surface area contributed by atoms with Gasteiger partial charge in [0.15, 0.2) is 5.65 Å². The Morgan fingerprint density at radius 3 is 2.93 bits per heavy atom. The van der Waals surface area contributed by atoms with Crippen molar-refractivity contribution in [2.45, 2.75) is 45.7 Å². The zero-order valence-electron chi connectivity index (χ0n) is 15.8. The van der Waals surface area contributed by atoms with Crippen LogP contribution in [0.5, 0.6) is 0 Å². The normalized spacial score (nSPS) is 13.8. The van der Waals surface area contributed by atoms with Crippen molar-refractivity contribution in [2.24, 2.45) is 0 Å². The number of carbonyl (C=O) groups excluding carboxylic acids is 2. The van der Waals surface area contributed by atoms with E-state index in [1.165, 1.54) is 6.42 Å². The van der Waals surface area contributed by atoms with Gasteiger partial charge in [-0.1, -0.05) is 6.42 Å². The Kier molecular flexibility index (Phi) is 5.10. The van der Waals surface area contributed by atoms with Gasteiger partial charge < -0.3 is 19.6 Å². The molecule has 146 valence electrons. The molecule has 0 aromatic carbocycles. The fourth-order valence-electron chi connectivity index (χ4n) is 3.51. The van der Waals surface area contributed by atoms with Crippen LogP contribution in [0.1, 0.15) is 46.9 Å². The molecule has 3 aromatic heterocycles. The summed E-state index contributed by atoms with van der Waals surface area (Å²) in [6.07, 6.45) is 5.81. The first-order valence-electron chi connectivity index (χ1n) is 9.56. The third kappa shape index (κ3) is 3.76. The number of aryl methyl sites for hydroxylation is 3. The van der Waals surface area contributed by atoms with Crippen LogP contribution in [0.2, 0.25) is 0 Å². The molecular formula is C20H23N5O3. The molecule has 0 saturated carbocycles. The van der Waals surface area contributed by atoms with Crippen molar-refractivity contribution in [2.75, 3.05) is 6.54 Å². The quantitative estimate of drug-likeness (QED) is 0.705. The zero-order chi connectivity index (χ0) is 19.5. The van der Waals surface area contributed by atoms with Crippen LogP contribution >= 0.6 is 0 Å². The van der Waals surface area contributed by atoms with E-state index in [1.807, 2.05) is 6.92 Å². The Bertz CT molecular complexity index is 1010. The lowest BCUT2D eigenvalue weighted by Gasteiger charge is -2.08. The molecule has 2 amide bonds. The second-order valence-corrected chi connectivity index (χ2v) is 7.01. The first-order valence-corrected chi connectivity index (χ1v) is 9.56. The maximum atomic E-state index is 12.7. The molecule has 0 radical (unpaired) electrons. The van der Waals surface area contributed by atoms with Gasteiger partial charge >= 0.3 is 0 Å². The van der Waals surface area contributed by atoms with E-state index in [1.54, 1.807) is 24.5 Å². The smallest absolute Gasteiger partial charge is 0.254 e. The third-order valence-electron chi connectivity index (χ3n) is 4.89. The maximum absolute atomic E-state index is 12.7. The summed E-state index contributed by atoms with van der Waals surface area (Å²) in [5, 5.41) is 5.39. The van der Waals surface area contributed by atoms with Crippen molar-refractivity contribution in [1.82, 2.24) is 25.2 Å². The lowest BCUT2D eigenvalue weighted by Crippen LogP contribution is -2.36. The predicted octanol–water partition coefficient (Wildman–Crippen LogP) is 2.11. The molecule has 0 bridgehead atoms. The summed E-state index contributed by atoms with van der Waals surface area (Å²) in [4.78, 5) is 34.1. The molecule has 8 heteroatoms. The highest BCUT2D eigenvalue weighted by molar-refractivity contribution is 6.05. The molecule has 4 rings (SSSR count).